The Balaban J connectivity index is 1.65. The molecule has 2 aromatic rings. The molecule has 8 nitrogen and oxygen atoms in total. The summed E-state index contributed by atoms with van der Waals surface area (Å²) < 4.78 is 10.3. The molecule has 0 aliphatic rings. The molecular weight excluding hydrogens is 421 g/mol. The lowest BCUT2D eigenvalue weighted by Crippen LogP contribution is -2.44. The van der Waals surface area contributed by atoms with Gasteiger partial charge in [0, 0.05) is 17.9 Å². The Labute approximate surface area is 177 Å². The van der Waals surface area contributed by atoms with Crippen molar-refractivity contribution < 1.29 is 23.9 Å². The van der Waals surface area contributed by atoms with Crippen LogP contribution in [0.25, 0.3) is 0 Å². The summed E-state index contributed by atoms with van der Waals surface area (Å²) in [4.78, 5) is 35.4. The highest BCUT2D eigenvalue weighted by Gasteiger charge is 2.10. The summed E-state index contributed by atoms with van der Waals surface area (Å²) in [7, 11) is 1.54. The molecule has 3 N–H and O–H groups in total. The number of halogens is 2. The zero-order chi connectivity index (χ0) is 21.2. The standard InChI is InChI=1S/C19H19Cl2N3O5/c1-28-13-3-5-14(6-4-13)29-11-19(27)24-23-18(26)9-8-17(25)22-16-7-2-12(20)10-15(16)21/h2-7,10H,8-9,11H2,1H3,(H,22,25)(H,23,26)(H,24,27). The molecule has 0 bridgehead atoms. The van der Waals surface area contributed by atoms with Crippen molar-refractivity contribution in [2.45, 2.75) is 12.8 Å². The number of anilines is 1. The molecule has 0 aromatic heterocycles. The first-order chi connectivity index (χ1) is 13.9. The quantitative estimate of drug-likeness (QED) is 0.548. The lowest BCUT2D eigenvalue weighted by atomic mass is 10.2. The average Bonchev–Trinajstić information content (AvgIpc) is 2.71. The highest BCUT2D eigenvalue weighted by atomic mass is 35.5. The van der Waals surface area contributed by atoms with Crippen LogP contribution in [0.5, 0.6) is 11.5 Å². The van der Waals surface area contributed by atoms with Crippen molar-refractivity contribution in [3.8, 4) is 11.5 Å². The van der Waals surface area contributed by atoms with E-state index in [-0.39, 0.29) is 19.4 Å². The number of ether oxygens (including phenoxy) is 2. The van der Waals surface area contributed by atoms with Gasteiger partial charge in [0.1, 0.15) is 11.5 Å². The molecule has 3 amide bonds. The van der Waals surface area contributed by atoms with Crippen LogP contribution >= 0.6 is 23.2 Å². The summed E-state index contributed by atoms with van der Waals surface area (Å²) in [5, 5.41) is 3.31. The van der Waals surface area contributed by atoms with Gasteiger partial charge in [-0.2, -0.15) is 0 Å². The molecule has 29 heavy (non-hydrogen) atoms. The van der Waals surface area contributed by atoms with Gasteiger partial charge in [0.2, 0.25) is 11.8 Å². The Hall–Kier alpha value is -2.97. The molecule has 0 heterocycles. The van der Waals surface area contributed by atoms with Crippen molar-refractivity contribution in [2.75, 3.05) is 19.0 Å². The van der Waals surface area contributed by atoms with Gasteiger partial charge in [-0.3, -0.25) is 25.2 Å². The number of hydrazine groups is 1. The predicted octanol–water partition coefficient (Wildman–Crippen LogP) is 2.95. The second-order valence-corrected chi connectivity index (χ2v) is 6.58. The summed E-state index contributed by atoms with van der Waals surface area (Å²) in [6.07, 6.45) is -0.223. The van der Waals surface area contributed by atoms with Gasteiger partial charge in [-0.25, -0.2) is 0 Å². The molecule has 0 atom stereocenters. The first-order valence-electron chi connectivity index (χ1n) is 8.47. The maximum atomic E-state index is 11.9. The molecule has 0 saturated heterocycles. The van der Waals surface area contributed by atoms with Crippen LogP contribution in [-0.4, -0.2) is 31.4 Å². The van der Waals surface area contributed by atoms with Crippen molar-refractivity contribution in [1.82, 2.24) is 10.9 Å². The molecule has 0 aliphatic heterocycles. The maximum Gasteiger partial charge on any atom is 0.276 e. The van der Waals surface area contributed by atoms with Crippen molar-refractivity contribution in [2.24, 2.45) is 0 Å². The number of carbonyl (C=O) groups is 3. The van der Waals surface area contributed by atoms with E-state index in [2.05, 4.69) is 16.2 Å². The second-order valence-electron chi connectivity index (χ2n) is 5.73. The second kappa shape index (κ2) is 11.1. The van der Waals surface area contributed by atoms with E-state index in [1.807, 2.05) is 0 Å². The van der Waals surface area contributed by atoms with Crippen LogP contribution in [0.4, 0.5) is 5.69 Å². The summed E-state index contributed by atoms with van der Waals surface area (Å²) in [6.45, 7) is -0.290. The van der Waals surface area contributed by atoms with Gasteiger partial charge in [-0.1, -0.05) is 23.2 Å². The Morgan fingerprint density at radius 1 is 0.862 bits per heavy atom. The number of rotatable bonds is 8. The zero-order valence-corrected chi connectivity index (χ0v) is 17.0. The van der Waals surface area contributed by atoms with Gasteiger partial charge >= 0.3 is 0 Å². The zero-order valence-electron chi connectivity index (χ0n) is 15.5. The summed E-state index contributed by atoms with van der Waals surface area (Å²) >= 11 is 11.8. The highest BCUT2D eigenvalue weighted by Crippen LogP contribution is 2.25. The highest BCUT2D eigenvalue weighted by molar-refractivity contribution is 6.36. The van der Waals surface area contributed by atoms with Gasteiger partial charge in [0.25, 0.3) is 5.91 Å². The summed E-state index contributed by atoms with van der Waals surface area (Å²) in [6, 6.07) is 11.3. The third kappa shape index (κ3) is 7.89. The van der Waals surface area contributed by atoms with Crippen LogP contribution in [0.3, 0.4) is 0 Å². The Bertz CT molecular complexity index is 875. The minimum Gasteiger partial charge on any atom is -0.497 e. The summed E-state index contributed by atoms with van der Waals surface area (Å²) in [5.74, 6) is -0.341. The summed E-state index contributed by atoms with van der Waals surface area (Å²) in [5.41, 5.74) is 4.82. The fourth-order valence-electron chi connectivity index (χ4n) is 2.09. The fraction of sp³-hybridized carbons (Fsp3) is 0.211. The minimum atomic E-state index is -0.549. The average molecular weight is 440 g/mol. The van der Waals surface area contributed by atoms with E-state index in [4.69, 9.17) is 32.7 Å². The van der Waals surface area contributed by atoms with E-state index in [1.54, 1.807) is 43.5 Å². The number of benzene rings is 2. The molecular formula is C19H19Cl2N3O5. The van der Waals surface area contributed by atoms with Gasteiger partial charge in [0.05, 0.1) is 17.8 Å². The van der Waals surface area contributed by atoms with Crippen molar-refractivity contribution in [1.29, 1.82) is 0 Å². The SMILES string of the molecule is COc1ccc(OCC(=O)NNC(=O)CCC(=O)Nc2ccc(Cl)cc2Cl)cc1. The van der Waals surface area contributed by atoms with Crippen LogP contribution in [0, 0.1) is 0 Å². The molecule has 2 aromatic carbocycles. The van der Waals surface area contributed by atoms with Gasteiger partial charge in [-0.15, -0.1) is 0 Å². The third-order valence-electron chi connectivity index (χ3n) is 3.56. The van der Waals surface area contributed by atoms with E-state index in [0.29, 0.717) is 27.2 Å². The largest absolute Gasteiger partial charge is 0.497 e. The van der Waals surface area contributed by atoms with Crippen LogP contribution in [-0.2, 0) is 14.4 Å². The van der Waals surface area contributed by atoms with E-state index >= 15 is 0 Å². The van der Waals surface area contributed by atoms with E-state index < -0.39 is 17.7 Å². The Morgan fingerprint density at radius 2 is 1.48 bits per heavy atom. The monoisotopic (exact) mass is 439 g/mol. The lowest BCUT2D eigenvalue weighted by molar-refractivity contribution is -0.130. The van der Waals surface area contributed by atoms with E-state index in [1.165, 1.54) is 6.07 Å². The van der Waals surface area contributed by atoms with Crippen LogP contribution < -0.4 is 25.6 Å². The number of amides is 3. The first kappa shape index (κ1) is 22.3. The number of hydrogen-bond donors (Lipinski definition) is 3. The van der Waals surface area contributed by atoms with Gasteiger partial charge in [-0.05, 0) is 42.5 Å². The predicted molar refractivity (Wildman–Crippen MR) is 109 cm³/mol. The van der Waals surface area contributed by atoms with E-state index in [9.17, 15) is 14.4 Å². The molecule has 0 radical (unpaired) electrons. The number of nitrogens with one attached hydrogen (secondary N) is 3. The smallest absolute Gasteiger partial charge is 0.276 e. The topological polar surface area (TPSA) is 106 Å². The van der Waals surface area contributed by atoms with Crippen molar-refractivity contribution in [3.63, 3.8) is 0 Å². The van der Waals surface area contributed by atoms with Crippen molar-refractivity contribution in [3.05, 3.63) is 52.5 Å². The van der Waals surface area contributed by atoms with Crippen LogP contribution in [0.2, 0.25) is 10.0 Å². The maximum absolute atomic E-state index is 11.9. The van der Waals surface area contributed by atoms with Crippen LogP contribution in [0.15, 0.2) is 42.5 Å². The molecule has 10 heteroatoms. The molecule has 0 fully saturated rings. The number of hydrogen-bond acceptors (Lipinski definition) is 5. The molecule has 0 spiro atoms. The number of carbonyl (C=O) groups excluding carboxylic acids is 3. The third-order valence-corrected chi connectivity index (χ3v) is 4.10. The Morgan fingerprint density at radius 3 is 2.14 bits per heavy atom. The molecule has 0 aliphatic carbocycles. The fourth-order valence-corrected chi connectivity index (χ4v) is 2.55. The lowest BCUT2D eigenvalue weighted by Gasteiger charge is -2.10. The minimum absolute atomic E-state index is 0.0942. The Kier molecular flexibility index (Phi) is 8.57. The normalized spacial score (nSPS) is 10.0. The first-order valence-corrected chi connectivity index (χ1v) is 9.22. The molecule has 0 unspecified atom stereocenters. The van der Waals surface area contributed by atoms with Crippen LogP contribution in [0.1, 0.15) is 12.8 Å². The molecule has 154 valence electrons. The number of methoxy groups -OCH3 is 1. The molecule has 0 saturated carbocycles. The molecule has 2 rings (SSSR count). The van der Waals surface area contributed by atoms with Gasteiger partial charge < -0.3 is 14.8 Å². The van der Waals surface area contributed by atoms with Crippen molar-refractivity contribution >= 4 is 46.6 Å². The van der Waals surface area contributed by atoms with Gasteiger partial charge in [0.15, 0.2) is 6.61 Å². The van der Waals surface area contributed by atoms with E-state index in [0.717, 1.165) is 0 Å².